The second-order valence-electron chi connectivity index (χ2n) is 5.19. The first kappa shape index (κ1) is 18.1. The van der Waals surface area contributed by atoms with E-state index in [-0.39, 0.29) is 23.9 Å². The Morgan fingerprint density at radius 1 is 1.24 bits per heavy atom. The topological polar surface area (TPSA) is 41.5 Å². The molecule has 3 nitrogen and oxygen atoms in total. The van der Waals surface area contributed by atoms with Crippen molar-refractivity contribution in [3.05, 3.63) is 28.8 Å². The fourth-order valence-electron chi connectivity index (χ4n) is 1.59. The zero-order valence-electron chi connectivity index (χ0n) is 11.9. The van der Waals surface area contributed by atoms with Gasteiger partial charge in [-0.2, -0.15) is 13.2 Å². The lowest BCUT2D eigenvalue weighted by atomic mass is 10.2. The van der Waals surface area contributed by atoms with Crippen LogP contribution in [0.1, 0.15) is 19.4 Å². The van der Waals surface area contributed by atoms with Crippen LogP contribution in [0.5, 0.6) is 0 Å². The number of aliphatic hydroxyl groups is 1. The van der Waals surface area contributed by atoms with E-state index in [0.717, 1.165) is 12.1 Å². The van der Waals surface area contributed by atoms with Crippen LogP contribution < -0.4 is 5.32 Å². The van der Waals surface area contributed by atoms with Crippen molar-refractivity contribution in [1.29, 1.82) is 0 Å². The molecule has 1 aromatic carbocycles. The second-order valence-corrected chi connectivity index (χ2v) is 5.63. The van der Waals surface area contributed by atoms with Gasteiger partial charge in [0.25, 0.3) is 0 Å². The molecule has 0 heterocycles. The van der Waals surface area contributed by atoms with Gasteiger partial charge in [-0.25, -0.2) is 0 Å². The Hall–Kier alpha value is -0.980. The van der Waals surface area contributed by atoms with E-state index in [1.54, 1.807) is 0 Å². The fourth-order valence-corrected chi connectivity index (χ4v) is 1.82. The largest absolute Gasteiger partial charge is 0.416 e. The number of ether oxygens (including phenoxy) is 1. The maximum Gasteiger partial charge on any atom is 0.416 e. The molecule has 0 aliphatic carbocycles. The van der Waals surface area contributed by atoms with Crippen molar-refractivity contribution in [3.63, 3.8) is 0 Å². The minimum atomic E-state index is -4.46. The van der Waals surface area contributed by atoms with Gasteiger partial charge in [0.2, 0.25) is 0 Å². The highest BCUT2D eigenvalue weighted by Gasteiger charge is 2.31. The smallest absolute Gasteiger partial charge is 0.389 e. The van der Waals surface area contributed by atoms with Gasteiger partial charge in [0.05, 0.1) is 18.3 Å². The Bertz CT molecular complexity index is 452. The number of hydrogen-bond donors (Lipinski definition) is 2. The zero-order chi connectivity index (χ0) is 16.0. The summed E-state index contributed by atoms with van der Waals surface area (Å²) >= 11 is 5.66. The van der Waals surface area contributed by atoms with Gasteiger partial charge in [-0.1, -0.05) is 25.4 Å². The van der Waals surface area contributed by atoms with E-state index < -0.39 is 17.8 Å². The first-order valence-electron chi connectivity index (χ1n) is 6.56. The van der Waals surface area contributed by atoms with Crippen molar-refractivity contribution >= 4 is 17.3 Å². The summed E-state index contributed by atoms with van der Waals surface area (Å²) in [5, 5.41) is 12.4. The highest BCUT2D eigenvalue weighted by molar-refractivity contribution is 6.30. The quantitative estimate of drug-likeness (QED) is 0.801. The van der Waals surface area contributed by atoms with Crippen LogP contribution in [0.15, 0.2) is 18.2 Å². The Morgan fingerprint density at radius 2 is 1.90 bits per heavy atom. The van der Waals surface area contributed by atoms with E-state index in [0.29, 0.717) is 12.5 Å². The Balaban J connectivity index is 2.53. The third-order valence-electron chi connectivity index (χ3n) is 2.53. The third kappa shape index (κ3) is 7.02. The summed E-state index contributed by atoms with van der Waals surface area (Å²) < 4.78 is 43.2. The number of nitrogens with one attached hydrogen (secondary N) is 1. The molecular weight excluding hydrogens is 307 g/mol. The van der Waals surface area contributed by atoms with Crippen LogP contribution in [-0.4, -0.2) is 31.0 Å². The van der Waals surface area contributed by atoms with E-state index in [1.807, 2.05) is 13.8 Å². The van der Waals surface area contributed by atoms with Crippen molar-refractivity contribution in [2.24, 2.45) is 5.92 Å². The Labute approximate surface area is 127 Å². The van der Waals surface area contributed by atoms with Crippen molar-refractivity contribution in [1.82, 2.24) is 0 Å². The molecule has 1 rings (SSSR count). The molecule has 0 aromatic heterocycles. The van der Waals surface area contributed by atoms with Gasteiger partial charge in [-0.15, -0.1) is 0 Å². The molecule has 7 heteroatoms. The van der Waals surface area contributed by atoms with Gasteiger partial charge in [0.1, 0.15) is 0 Å². The van der Waals surface area contributed by atoms with Gasteiger partial charge in [0, 0.05) is 23.9 Å². The number of halogens is 4. The fraction of sp³-hybridized carbons (Fsp3) is 0.571. The van der Waals surface area contributed by atoms with Crippen LogP contribution in [0.2, 0.25) is 5.02 Å². The molecule has 0 radical (unpaired) electrons. The lowest BCUT2D eigenvalue weighted by Crippen LogP contribution is -2.25. The summed E-state index contributed by atoms with van der Waals surface area (Å²) in [6.45, 7) is 4.69. The molecule has 2 N–H and O–H groups in total. The molecule has 0 spiro atoms. The zero-order valence-corrected chi connectivity index (χ0v) is 12.6. The number of alkyl halides is 3. The van der Waals surface area contributed by atoms with Gasteiger partial charge >= 0.3 is 6.18 Å². The van der Waals surface area contributed by atoms with Crippen molar-refractivity contribution in [2.45, 2.75) is 26.1 Å². The number of benzene rings is 1. The first-order chi connectivity index (χ1) is 9.68. The summed E-state index contributed by atoms with van der Waals surface area (Å²) in [7, 11) is 0. The maximum absolute atomic E-state index is 12.6. The SMILES string of the molecule is CC(C)COCC(O)CNc1cc(Cl)cc(C(F)(F)F)c1. The van der Waals surface area contributed by atoms with Gasteiger partial charge in [-0.05, 0) is 24.1 Å². The first-order valence-corrected chi connectivity index (χ1v) is 6.93. The van der Waals surface area contributed by atoms with Crippen LogP contribution in [0, 0.1) is 5.92 Å². The average Bonchev–Trinajstić information content (AvgIpc) is 2.34. The number of hydrogen-bond acceptors (Lipinski definition) is 3. The average molecular weight is 326 g/mol. The molecule has 120 valence electrons. The Kier molecular flexibility index (Phi) is 6.77. The number of aliphatic hydroxyl groups excluding tert-OH is 1. The van der Waals surface area contributed by atoms with E-state index in [9.17, 15) is 18.3 Å². The van der Waals surface area contributed by atoms with Crippen molar-refractivity contribution in [2.75, 3.05) is 25.1 Å². The van der Waals surface area contributed by atoms with Gasteiger partial charge < -0.3 is 15.2 Å². The van der Waals surface area contributed by atoms with Crippen molar-refractivity contribution in [3.8, 4) is 0 Å². The predicted octanol–water partition coefficient (Wildman–Crippen LogP) is 3.80. The van der Waals surface area contributed by atoms with E-state index in [2.05, 4.69) is 5.32 Å². The molecule has 1 atom stereocenters. The standard InChI is InChI=1S/C14H19ClF3NO2/c1-9(2)7-21-8-13(20)6-19-12-4-10(14(16,17)18)3-11(15)5-12/h3-5,9,13,19-20H,6-8H2,1-2H3. The minimum Gasteiger partial charge on any atom is -0.389 e. The van der Waals surface area contributed by atoms with Gasteiger partial charge in [0.15, 0.2) is 0 Å². The molecule has 1 unspecified atom stereocenters. The highest BCUT2D eigenvalue weighted by Crippen LogP contribution is 2.33. The Morgan fingerprint density at radius 3 is 2.48 bits per heavy atom. The minimum absolute atomic E-state index is 0.0159. The summed E-state index contributed by atoms with van der Waals surface area (Å²) in [6.07, 6.45) is -5.27. The molecule has 0 fully saturated rings. The van der Waals surface area contributed by atoms with E-state index in [4.69, 9.17) is 16.3 Å². The molecule has 0 aliphatic rings. The molecule has 0 aliphatic heterocycles. The molecule has 21 heavy (non-hydrogen) atoms. The predicted molar refractivity (Wildman–Crippen MR) is 76.6 cm³/mol. The van der Waals surface area contributed by atoms with Crippen LogP contribution in [0.25, 0.3) is 0 Å². The summed E-state index contributed by atoms with van der Waals surface area (Å²) in [5.41, 5.74) is -0.624. The van der Waals surface area contributed by atoms with E-state index >= 15 is 0 Å². The second kappa shape index (κ2) is 7.87. The lowest BCUT2D eigenvalue weighted by Gasteiger charge is -2.15. The van der Waals surface area contributed by atoms with Crippen LogP contribution >= 0.6 is 11.6 Å². The number of rotatable bonds is 7. The van der Waals surface area contributed by atoms with Crippen LogP contribution in [0.3, 0.4) is 0 Å². The lowest BCUT2D eigenvalue weighted by molar-refractivity contribution is -0.137. The summed E-state index contributed by atoms with van der Waals surface area (Å²) in [4.78, 5) is 0. The number of anilines is 1. The molecule has 0 bridgehead atoms. The monoisotopic (exact) mass is 325 g/mol. The van der Waals surface area contributed by atoms with Crippen LogP contribution in [-0.2, 0) is 10.9 Å². The highest BCUT2D eigenvalue weighted by atomic mass is 35.5. The summed E-state index contributed by atoms with van der Waals surface area (Å²) in [6, 6.07) is 3.18. The third-order valence-corrected chi connectivity index (χ3v) is 2.75. The maximum atomic E-state index is 12.6. The van der Waals surface area contributed by atoms with Crippen molar-refractivity contribution < 1.29 is 23.0 Å². The molecule has 0 saturated heterocycles. The molecule has 0 amide bonds. The van der Waals surface area contributed by atoms with Gasteiger partial charge in [-0.3, -0.25) is 0 Å². The summed E-state index contributed by atoms with van der Waals surface area (Å²) in [5.74, 6) is 0.354. The molecule has 0 saturated carbocycles. The molecule has 1 aromatic rings. The van der Waals surface area contributed by atoms with Crippen LogP contribution in [0.4, 0.5) is 18.9 Å². The normalized spacial score (nSPS) is 13.5. The molecular formula is C14H19ClF3NO2. The van der Waals surface area contributed by atoms with E-state index in [1.165, 1.54) is 6.07 Å².